The molecule has 2 rings (SSSR count). The van der Waals surface area contributed by atoms with Crippen molar-refractivity contribution in [3.63, 3.8) is 0 Å². The van der Waals surface area contributed by atoms with Gasteiger partial charge in [0.25, 0.3) is 0 Å². The van der Waals surface area contributed by atoms with E-state index in [-0.39, 0.29) is 5.75 Å². The molecule has 0 aromatic heterocycles. The molecule has 0 aliphatic heterocycles. The summed E-state index contributed by atoms with van der Waals surface area (Å²) in [6, 6.07) is 5.56. The van der Waals surface area contributed by atoms with Crippen molar-refractivity contribution in [3.8, 4) is 5.75 Å². The molecule has 0 atom stereocenters. The minimum Gasteiger partial charge on any atom is -0.410 e. The Kier molecular flexibility index (Phi) is 4.55. The van der Waals surface area contributed by atoms with Crippen molar-refractivity contribution >= 4 is 24.4 Å². The Balaban J connectivity index is 2.24. The van der Waals surface area contributed by atoms with Gasteiger partial charge in [-0.25, -0.2) is 26.7 Å². The van der Waals surface area contributed by atoms with E-state index in [0.717, 1.165) is 0 Å². The lowest BCUT2D eigenvalue weighted by molar-refractivity contribution is 0.214. The lowest BCUT2D eigenvalue weighted by Crippen LogP contribution is -2.20. The van der Waals surface area contributed by atoms with Crippen LogP contribution >= 0.6 is 12.6 Å². The Hall–Kier alpha value is -2.29. The van der Waals surface area contributed by atoms with Crippen molar-refractivity contribution in [2.45, 2.75) is 4.90 Å². The minimum atomic E-state index is -2.32. The molecular formula is C13H6F5NO2S. The minimum absolute atomic E-state index is 0.0147. The third-order valence-corrected chi connectivity index (χ3v) is 2.78. The summed E-state index contributed by atoms with van der Waals surface area (Å²) >= 11 is 3.99. The van der Waals surface area contributed by atoms with Crippen molar-refractivity contribution in [2.24, 2.45) is 0 Å². The van der Waals surface area contributed by atoms with Crippen LogP contribution in [0.15, 0.2) is 29.2 Å². The van der Waals surface area contributed by atoms with Crippen molar-refractivity contribution in [1.82, 2.24) is 0 Å². The van der Waals surface area contributed by atoms with Crippen LogP contribution in [0.4, 0.5) is 32.4 Å². The molecule has 3 nitrogen and oxygen atoms in total. The highest BCUT2D eigenvalue weighted by atomic mass is 32.1. The average Bonchev–Trinajstić information content (AvgIpc) is 2.50. The summed E-state index contributed by atoms with van der Waals surface area (Å²) in [7, 11) is 0. The molecule has 0 aliphatic carbocycles. The number of carbonyl (C=O) groups is 1. The molecule has 22 heavy (non-hydrogen) atoms. The van der Waals surface area contributed by atoms with Crippen molar-refractivity contribution < 1.29 is 31.5 Å². The van der Waals surface area contributed by atoms with Crippen LogP contribution < -0.4 is 10.1 Å². The molecule has 9 heteroatoms. The number of benzene rings is 2. The molecule has 0 spiro atoms. The average molecular weight is 335 g/mol. The van der Waals surface area contributed by atoms with Gasteiger partial charge in [-0.2, -0.15) is 0 Å². The zero-order valence-corrected chi connectivity index (χ0v) is 11.4. The number of halogens is 5. The Morgan fingerprint density at radius 1 is 0.864 bits per heavy atom. The van der Waals surface area contributed by atoms with Gasteiger partial charge in [0.05, 0.1) is 0 Å². The van der Waals surface area contributed by atoms with E-state index < -0.39 is 40.9 Å². The van der Waals surface area contributed by atoms with Gasteiger partial charge in [-0.1, -0.05) is 0 Å². The summed E-state index contributed by atoms with van der Waals surface area (Å²) in [6.07, 6.45) is -1.42. The number of amides is 1. The molecule has 0 heterocycles. The molecule has 1 N–H and O–H groups in total. The van der Waals surface area contributed by atoms with E-state index in [1.165, 1.54) is 29.6 Å². The highest BCUT2D eigenvalue weighted by Gasteiger charge is 2.27. The molecule has 2 aromatic carbocycles. The second-order valence-corrected chi connectivity index (χ2v) is 4.47. The lowest BCUT2D eigenvalue weighted by Gasteiger charge is -2.10. The van der Waals surface area contributed by atoms with Crippen molar-refractivity contribution in [2.75, 3.05) is 5.32 Å². The van der Waals surface area contributed by atoms with E-state index >= 15 is 0 Å². The van der Waals surface area contributed by atoms with Gasteiger partial charge >= 0.3 is 6.09 Å². The van der Waals surface area contributed by atoms with Gasteiger partial charge in [0, 0.05) is 4.90 Å². The van der Waals surface area contributed by atoms with Crippen LogP contribution in [0.3, 0.4) is 0 Å². The smallest absolute Gasteiger partial charge is 0.410 e. The van der Waals surface area contributed by atoms with Crippen molar-refractivity contribution in [1.29, 1.82) is 0 Å². The number of rotatable bonds is 2. The summed E-state index contributed by atoms with van der Waals surface area (Å²) < 4.78 is 70.1. The van der Waals surface area contributed by atoms with Gasteiger partial charge in [0.1, 0.15) is 11.4 Å². The molecule has 0 unspecified atom stereocenters. The summed E-state index contributed by atoms with van der Waals surface area (Å²) in [5, 5.41) is 1.47. The Bertz CT molecular complexity index is 707. The number of ether oxygens (including phenoxy) is 1. The molecular weight excluding hydrogens is 329 g/mol. The van der Waals surface area contributed by atoms with Crippen LogP contribution in [0.5, 0.6) is 5.75 Å². The van der Waals surface area contributed by atoms with Gasteiger partial charge in [-0.3, -0.25) is 5.32 Å². The normalized spacial score (nSPS) is 10.5. The van der Waals surface area contributed by atoms with Gasteiger partial charge in [-0.05, 0) is 24.3 Å². The predicted molar refractivity (Wildman–Crippen MR) is 69.6 cm³/mol. The standard InChI is InChI=1S/C13H6F5NO2S/c14-7-8(15)10(17)12(11(18)9(7)16)19-13(20)21-5-1-3-6(22)4-2-5/h1-4,22H,(H,19,20). The van der Waals surface area contributed by atoms with Gasteiger partial charge in [0.15, 0.2) is 23.3 Å². The first-order chi connectivity index (χ1) is 10.3. The van der Waals surface area contributed by atoms with E-state index in [0.29, 0.717) is 4.90 Å². The molecule has 0 radical (unpaired) electrons. The van der Waals surface area contributed by atoms with E-state index in [1.807, 2.05) is 0 Å². The maximum atomic E-state index is 13.4. The second kappa shape index (κ2) is 6.22. The zero-order chi connectivity index (χ0) is 16.4. The first-order valence-corrected chi connectivity index (χ1v) is 6.05. The lowest BCUT2D eigenvalue weighted by atomic mass is 10.2. The fraction of sp³-hybridized carbons (Fsp3) is 0. The summed E-state index contributed by atoms with van der Waals surface area (Å²) in [5.74, 6) is -11.0. The third kappa shape index (κ3) is 3.14. The molecule has 1 amide bonds. The predicted octanol–water partition coefficient (Wildman–Crippen LogP) is 4.28. The van der Waals surface area contributed by atoms with Crippen LogP contribution in [0.25, 0.3) is 0 Å². The van der Waals surface area contributed by atoms with Crippen LogP contribution in [-0.2, 0) is 0 Å². The Morgan fingerprint density at radius 2 is 1.32 bits per heavy atom. The fourth-order valence-electron chi connectivity index (χ4n) is 1.46. The quantitative estimate of drug-likeness (QED) is 0.372. The first kappa shape index (κ1) is 16.1. The summed E-state index contributed by atoms with van der Waals surface area (Å²) in [4.78, 5) is 12.0. The molecule has 2 aromatic rings. The van der Waals surface area contributed by atoms with Crippen LogP contribution in [0, 0.1) is 29.1 Å². The number of hydrogen-bond acceptors (Lipinski definition) is 3. The van der Waals surface area contributed by atoms with Gasteiger partial charge < -0.3 is 4.74 Å². The zero-order valence-electron chi connectivity index (χ0n) is 10.5. The fourth-order valence-corrected chi connectivity index (χ4v) is 1.61. The highest BCUT2D eigenvalue weighted by molar-refractivity contribution is 7.80. The molecule has 0 bridgehead atoms. The third-order valence-electron chi connectivity index (χ3n) is 2.48. The molecule has 0 saturated heterocycles. The number of anilines is 1. The molecule has 0 aliphatic rings. The number of hydrogen-bond donors (Lipinski definition) is 2. The molecule has 116 valence electrons. The number of carbonyl (C=O) groups excluding carboxylic acids is 1. The van der Waals surface area contributed by atoms with Crippen LogP contribution in [-0.4, -0.2) is 6.09 Å². The number of nitrogens with one attached hydrogen (secondary N) is 1. The second-order valence-electron chi connectivity index (χ2n) is 3.95. The van der Waals surface area contributed by atoms with E-state index in [4.69, 9.17) is 0 Å². The Morgan fingerprint density at radius 3 is 1.82 bits per heavy atom. The maximum Gasteiger partial charge on any atom is 0.417 e. The monoisotopic (exact) mass is 335 g/mol. The summed E-state index contributed by atoms with van der Waals surface area (Å²) in [5.41, 5.74) is -1.49. The Labute approximate surface area is 126 Å². The molecule has 0 saturated carbocycles. The SMILES string of the molecule is O=C(Nc1c(F)c(F)c(F)c(F)c1F)Oc1ccc(S)cc1. The van der Waals surface area contributed by atoms with Crippen LogP contribution in [0.1, 0.15) is 0 Å². The first-order valence-electron chi connectivity index (χ1n) is 5.60. The largest absolute Gasteiger partial charge is 0.417 e. The van der Waals surface area contributed by atoms with Gasteiger partial charge in [-0.15, -0.1) is 12.6 Å². The highest BCUT2D eigenvalue weighted by Crippen LogP contribution is 2.27. The summed E-state index contributed by atoms with van der Waals surface area (Å²) in [6.45, 7) is 0. The maximum absolute atomic E-state index is 13.4. The van der Waals surface area contributed by atoms with E-state index in [9.17, 15) is 26.7 Å². The molecule has 0 fully saturated rings. The van der Waals surface area contributed by atoms with Crippen molar-refractivity contribution in [3.05, 3.63) is 53.4 Å². The topological polar surface area (TPSA) is 38.3 Å². The number of thiol groups is 1. The van der Waals surface area contributed by atoms with E-state index in [2.05, 4.69) is 17.4 Å². The van der Waals surface area contributed by atoms with Gasteiger partial charge in [0.2, 0.25) is 5.82 Å². The van der Waals surface area contributed by atoms with Crippen LogP contribution in [0.2, 0.25) is 0 Å². The van der Waals surface area contributed by atoms with E-state index in [1.54, 1.807) is 0 Å².